The standard InChI is InChI=1S/C11H12N2O3/c1-14-9-3-8(4-10(6-9)15-2)5-11-12-7-13-16-11/h3-4,6-7H,5H2,1-2H3. The van der Waals surface area contributed by atoms with Crippen molar-refractivity contribution < 1.29 is 14.0 Å². The molecule has 0 spiro atoms. The van der Waals surface area contributed by atoms with Crippen LogP contribution < -0.4 is 9.47 Å². The van der Waals surface area contributed by atoms with E-state index in [0.29, 0.717) is 12.3 Å². The summed E-state index contributed by atoms with van der Waals surface area (Å²) in [5.41, 5.74) is 1.00. The predicted octanol–water partition coefficient (Wildman–Crippen LogP) is 1.68. The SMILES string of the molecule is COc1cc(Cc2ncno2)cc(OC)c1. The van der Waals surface area contributed by atoms with E-state index < -0.39 is 0 Å². The van der Waals surface area contributed by atoms with Gasteiger partial charge in [0.05, 0.1) is 20.6 Å². The van der Waals surface area contributed by atoms with Crippen LogP contribution in [0.3, 0.4) is 0 Å². The fraction of sp³-hybridized carbons (Fsp3) is 0.273. The average molecular weight is 220 g/mol. The quantitative estimate of drug-likeness (QED) is 0.784. The van der Waals surface area contributed by atoms with Crippen molar-refractivity contribution in [3.8, 4) is 11.5 Å². The molecule has 0 saturated carbocycles. The Bertz CT molecular complexity index is 432. The average Bonchev–Trinajstić information content (AvgIpc) is 2.81. The number of rotatable bonds is 4. The van der Waals surface area contributed by atoms with Crippen LogP contribution >= 0.6 is 0 Å². The van der Waals surface area contributed by atoms with Crippen molar-refractivity contribution in [3.05, 3.63) is 36.0 Å². The summed E-state index contributed by atoms with van der Waals surface area (Å²) < 4.78 is 15.3. The van der Waals surface area contributed by atoms with Gasteiger partial charge in [0.1, 0.15) is 11.5 Å². The topological polar surface area (TPSA) is 57.4 Å². The van der Waals surface area contributed by atoms with Gasteiger partial charge in [-0.3, -0.25) is 0 Å². The van der Waals surface area contributed by atoms with E-state index in [0.717, 1.165) is 17.1 Å². The van der Waals surface area contributed by atoms with Crippen LogP contribution in [-0.2, 0) is 6.42 Å². The smallest absolute Gasteiger partial charge is 0.230 e. The first-order valence-corrected chi connectivity index (χ1v) is 4.79. The van der Waals surface area contributed by atoms with Crippen LogP contribution in [0.25, 0.3) is 0 Å². The van der Waals surface area contributed by atoms with Crippen LogP contribution in [-0.4, -0.2) is 24.4 Å². The van der Waals surface area contributed by atoms with Gasteiger partial charge in [0.25, 0.3) is 0 Å². The molecular formula is C11H12N2O3. The third-order valence-electron chi connectivity index (χ3n) is 2.17. The van der Waals surface area contributed by atoms with E-state index >= 15 is 0 Å². The van der Waals surface area contributed by atoms with Crippen LogP contribution in [0.1, 0.15) is 11.5 Å². The zero-order valence-corrected chi connectivity index (χ0v) is 9.14. The van der Waals surface area contributed by atoms with Gasteiger partial charge in [-0.25, -0.2) is 0 Å². The maximum atomic E-state index is 5.17. The van der Waals surface area contributed by atoms with Gasteiger partial charge in [-0.1, -0.05) is 5.16 Å². The van der Waals surface area contributed by atoms with Gasteiger partial charge in [0, 0.05) is 6.07 Å². The highest BCUT2D eigenvalue weighted by Gasteiger charge is 2.05. The van der Waals surface area contributed by atoms with Crippen molar-refractivity contribution in [2.24, 2.45) is 0 Å². The second-order valence-corrected chi connectivity index (χ2v) is 3.23. The number of hydrogen-bond donors (Lipinski definition) is 0. The largest absolute Gasteiger partial charge is 0.497 e. The molecule has 5 heteroatoms. The fourth-order valence-electron chi connectivity index (χ4n) is 1.42. The molecule has 0 unspecified atom stereocenters. The van der Waals surface area contributed by atoms with E-state index in [1.165, 1.54) is 6.33 Å². The van der Waals surface area contributed by atoms with E-state index in [-0.39, 0.29) is 0 Å². The second kappa shape index (κ2) is 4.65. The van der Waals surface area contributed by atoms with Crippen molar-refractivity contribution in [3.63, 3.8) is 0 Å². The maximum absolute atomic E-state index is 5.17. The summed E-state index contributed by atoms with van der Waals surface area (Å²) in [5, 5.41) is 3.55. The first-order valence-electron chi connectivity index (χ1n) is 4.79. The molecule has 0 radical (unpaired) electrons. The van der Waals surface area contributed by atoms with Gasteiger partial charge >= 0.3 is 0 Å². The number of ether oxygens (including phenoxy) is 2. The Morgan fingerprint density at radius 1 is 1.12 bits per heavy atom. The van der Waals surface area contributed by atoms with E-state index in [4.69, 9.17) is 14.0 Å². The zero-order chi connectivity index (χ0) is 11.4. The summed E-state index contributed by atoms with van der Waals surface area (Å²) >= 11 is 0. The maximum Gasteiger partial charge on any atom is 0.230 e. The second-order valence-electron chi connectivity index (χ2n) is 3.23. The van der Waals surface area contributed by atoms with Crippen molar-refractivity contribution in [2.75, 3.05) is 14.2 Å². The van der Waals surface area contributed by atoms with Crippen LogP contribution in [0, 0.1) is 0 Å². The Morgan fingerprint density at radius 2 is 1.81 bits per heavy atom. The summed E-state index contributed by atoms with van der Waals surface area (Å²) in [7, 11) is 3.23. The molecule has 0 amide bonds. The van der Waals surface area contributed by atoms with E-state index in [2.05, 4.69) is 10.1 Å². The molecule has 0 fully saturated rings. The number of hydrogen-bond acceptors (Lipinski definition) is 5. The number of aromatic nitrogens is 2. The molecule has 0 aliphatic carbocycles. The highest BCUT2D eigenvalue weighted by molar-refractivity contribution is 5.39. The molecule has 2 aromatic rings. The summed E-state index contributed by atoms with van der Waals surface area (Å²) in [4.78, 5) is 3.96. The molecule has 0 N–H and O–H groups in total. The highest BCUT2D eigenvalue weighted by Crippen LogP contribution is 2.23. The lowest BCUT2D eigenvalue weighted by Gasteiger charge is -2.06. The first-order chi connectivity index (χ1) is 7.81. The van der Waals surface area contributed by atoms with Crippen LogP contribution in [0.5, 0.6) is 11.5 Å². The lowest BCUT2D eigenvalue weighted by molar-refractivity contribution is 0.381. The van der Waals surface area contributed by atoms with Crippen molar-refractivity contribution in [1.29, 1.82) is 0 Å². The molecule has 0 aliphatic rings. The number of nitrogens with zero attached hydrogens (tertiary/aromatic N) is 2. The molecule has 5 nitrogen and oxygen atoms in total. The lowest BCUT2D eigenvalue weighted by atomic mass is 10.1. The molecule has 1 aromatic heterocycles. The monoisotopic (exact) mass is 220 g/mol. The Hall–Kier alpha value is -2.04. The third kappa shape index (κ3) is 2.31. The molecule has 84 valence electrons. The Morgan fingerprint density at radius 3 is 2.31 bits per heavy atom. The molecule has 1 heterocycles. The molecule has 0 atom stereocenters. The Labute approximate surface area is 93.0 Å². The summed E-state index contributed by atoms with van der Waals surface area (Å²) in [6.45, 7) is 0. The predicted molar refractivity (Wildman–Crippen MR) is 56.7 cm³/mol. The summed E-state index contributed by atoms with van der Waals surface area (Å²) in [6.07, 6.45) is 1.94. The van der Waals surface area contributed by atoms with Gasteiger partial charge in [-0.2, -0.15) is 4.98 Å². The Balaban J connectivity index is 2.26. The molecular weight excluding hydrogens is 208 g/mol. The van der Waals surface area contributed by atoms with Crippen LogP contribution in [0.15, 0.2) is 29.0 Å². The first kappa shape index (κ1) is 10.5. The number of benzene rings is 1. The van der Waals surface area contributed by atoms with Gasteiger partial charge in [0.2, 0.25) is 5.89 Å². The van der Waals surface area contributed by atoms with Crippen LogP contribution in [0.4, 0.5) is 0 Å². The highest BCUT2D eigenvalue weighted by atomic mass is 16.5. The normalized spacial score (nSPS) is 10.1. The van der Waals surface area contributed by atoms with Crippen molar-refractivity contribution in [1.82, 2.24) is 10.1 Å². The zero-order valence-electron chi connectivity index (χ0n) is 9.14. The number of methoxy groups -OCH3 is 2. The Kier molecular flexibility index (Phi) is 3.05. The summed E-state index contributed by atoms with van der Waals surface area (Å²) in [5.74, 6) is 2.05. The molecule has 0 aliphatic heterocycles. The fourth-order valence-corrected chi connectivity index (χ4v) is 1.42. The molecule has 1 aromatic carbocycles. The van der Waals surface area contributed by atoms with Gasteiger partial charge in [0.15, 0.2) is 6.33 Å². The van der Waals surface area contributed by atoms with E-state index in [9.17, 15) is 0 Å². The van der Waals surface area contributed by atoms with Gasteiger partial charge < -0.3 is 14.0 Å². The molecule has 2 rings (SSSR count). The molecule has 0 saturated heterocycles. The lowest BCUT2D eigenvalue weighted by Crippen LogP contribution is -1.93. The summed E-state index contributed by atoms with van der Waals surface area (Å²) in [6, 6.07) is 5.64. The van der Waals surface area contributed by atoms with E-state index in [1.807, 2.05) is 18.2 Å². The minimum absolute atomic E-state index is 0.563. The van der Waals surface area contributed by atoms with Crippen molar-refractivity contribution in [2.45, 2.75) is 6.42 Å². The van der Waals surface area contributed by atoms with Gasteiger partial charge in [-0.15, -0.1) is 0 Å². The van der Waals surface area contributed by atoms with Crippen LogP contribution in [0.2, 0.25) is 0 Å². The third-order valence-corrected chi connectivity index (χ3v) is 2.17. The molecule has 0 bridgehead atoms. The van der Waals surface area contributed by atoms with E-state index in [1.54, 1.807) is 14.2 Å². The molecule has 16 heavy (non-hydrogen) atoms. The van der Waals surface area contributed by atoms with Gasteiger partial charge in [-0.05, 0) is 17.7 Å². The minimum Gasteiger partial charge on any atom is -0.497 e. The van der Waals surface area contributed by atoms with Crippen molar-refractivity contribution >= 4 is 0 Å². The minimum atomic E-state index is 0.563.